The lowest BCUT2D eigenvalue weighted by atomic mass is 9.99. The third kappa shape index (κ3) is 4.12. The molecule has 5 nitrogen and oxygen atoms in total. The SMILES string of the molecule is COc1ccc(NC(=O)CN2CC(c3ccccc3)CC2=O)cc1Cl. The molecule has 0 saturated carbocycles. The summed E-state index contributed by atoms with van der Waals surface area (Å²) in [6.45, 7) is 0.589. The topological polar surface area (TPSA) is 58.6 Å². The van der Waals surface area contributed by atoms with E-state index in [1.165, 1.54) is 7.11 Å². The van der Waals surface area contributed by atoms with Crippen molar-refractivity contribution in [1.82, 2.24) is 4.90 Å². The Morgan fingerprint density at radius 3 is 2.72 bits per heavy atom. The Bertz CT molecular complexity index is 779. The molecule has 0 aliphatic carbocycles. The third-order valence-corrected chi connectivity index (χ3v) is 4.55. The molecule has 1 fully saturated rings. The van der Waals surface area contributed by atoms with Gasteiger partial charge in [0.05, 0.1) is 18.7 Å². The molecule has 0 bridgehead atoms. The van der Waals surface area contributed by atoms with Gasteiger partial charge in [0.25, 0.3) is 0 Å². The molecule has 2 aromatic carbocycles. The molecule has 1 aliphatic rings. The van der Waals surface area contributed by atoms with E-state index in [0.717, 1.165) is 5.56 Å². The summed E-state index contributed by atoms with van der Waals surface area (Å²) in [5.74, 6) is 0.428. The van der Waals surface area contributed by atoms with E-state index in [2.05, 4.69) is 5.32 Å². The first-order chi connectivity index (χ1) is 12.1. The van der Waals surface area contributed by atoms with Crippen LogP contribution in [0.25, 0.3) is 0 Å². The van der Waals surface area contributed by atoms with Gasteiger partial charge in [0.15, 0.2) is 0 Å². The maximum Gasteiger partial charge on any atom is 0.243 e. The Labute approximate surface area is 151 Å². The smallest absolute Gasteiger partial charge is 0.243 e. The summed E-state index contributed by atoms with van der Waals surface area (Å²) in [6, 6.07) is 14.9. The Kier molecular flexibility index (Phi) is 5.24. The van der Waals surface area contributed by atoms with Gasteiger partial charge in [-0.15, -0.1) is 0 Å². The highest BCUT2D eigenvalue weighted by molar-refractivity contribution is 6.32. The number of carbonyl (C=O) groups is 2. The number of amides is 2. The lowest BCUT2D eigenvalue weighted by Gasteiger charge is -2.16. The minimum atomic E-state index is -0.247. The monoisotopic (exact) mass is 358 g/mol. The molecule has 0 radical (unpaired) electrons. The van der Waals surface area contributed by atoms with E-state index in [-0.39, 0.29) is 24.3 Å². The molecule has 0 aromatic heterocycles. The zero-order chi connectivity index (χ0) is 17.8. The maximum atomic E-state index is 12.2. The van der Waals surface area contributed by atoms with Gasteiger partial charge in [0.2, 0.25) is 11.8 Å². The van der Waals surface area contributed by atoms with Crippen LogP contribution in [0.5, 0.6) is 5.75 Å². The van der Waals surface area contributed by atoms with E-state index in [0.29, 0.717) is 29.4 Å². The summed E-state index contributed by atoms with van der Waals surface area (Å²) in [5.41, 5.74) is 1.70. The van der Waals surface area contributed by atoms with Crippen LogP contribution in [0.2, 0.25) is 5.02 Å². The number of hydrogen-bond donors (Lipinski definition) is 1. The van der Waals surface area contributed by atoms with Crippen LogP contribution < -0.4 is 10.1 Å². The van der Waals surface area contributed by atoms with Crippen LogP contribution in [-0.2, 0) is 9.59 Å². The summed E-state index contributed by atoms with van der Waals surface area (Å²) < 4.78 is 5.08. The number of halogens is 1. The number of likely N-dealkylation sites (tertiary alicyclic amines) is 1. The lowest BCUT2D eigenvalue weighted by Crippen LogP contribution is -2.34. The van der Waals surface area contributed by atoms with E-state index in [4.69, 9.17) is 16.3 Å². The molecular weight excluding hydrogens is 340 g/mol. The van der Waals surface area contributed by atoms with Crippen molar-refractivity contribution in [2.24, 2.45) is 0 Å². The number of carbonyl (C=O) groups excluding carboxylic acids is 2. The Balaban J connectivity index is 1.59. The van der Waals surface area contributed by atoms with Crippen molar-refractivity contribution in [3.8, 4) is 5.75 Å². The Morgan fingerprint density at radius 1 is 1.28 bits per heavy atom. The molecular formula is C19H19ClN2O3. The number of rotatable bonds is 5. The number of ether oxygens (including phenoxy) is 1. The van der Waals surface area contributed by atoms with E-state index in [1.807, 2.05) is 30.3 Å². The predicted molar refractivity (Wildman–Crippen MR) is 97.0 cm³/mol. The molecule has 2 aromatic rings. The van der Waals surface area contributed by atoms with E-state index >= 15 is 0 Å². The van der Waals surface area contributed by atoms with Crippen molar-refractivity contribution >= 4 is 29.1 Å². The Morgan fingerprint density at radius 2 is 2.04 bits per heavy atom. The first kappa shape index (κ1) is 17.3. The second-order valence-electron chi connectivity index (χ2n) is 5.98. The van der Waals surface area contributed by atoms with E-state index in [1.54, 1.807) is 23.1 Å². The van der Waals surface area contributed by atoms with Crippen LogP contribution in [0.4, 0.5) is 5.69 Å². The molecule has 25 heavy (non-hydrogen) atoms. The normalized spacial score (nSPS) is 16.8. The van der Waals surface area contributed by atoms with Crippen LogP contribution in [0, 0.1) is 0 Å². The van der Waals surface area contributed by atoms with Gasteiger partial charge in [-0.05, 0) is 23.8 Å². The number of nitrogens with zero attached hydrogens (tertiary/aromatic N) is 1. The van der Waals surface area contributed by atoms with Gasteiger partial charge < -0.3 is 15.0 Å². The number of benzene rings is 2. The number of anilines is 1. The maximum absolute atomic E-state index is 12.2. The zero-order valence-electron chi connectivity index (χ0n) is 13.9. The number of nitrogens with one attached hydrogen (secondary N) is 1. The average molecular weight is 359 g/mol. The number of hydrogen-bond acceptors (Lipinski definition) is 3. The largest absolute Gasteiger partial charge is 0.495 e. The molecule has 1 unspecified atom stereocenters. The second kappa shape index (κ2) is 7.57. The van der Waals surface area contributed by atoms with Crippen molar-refractivity contribution in [2.45, 2.75) is 12.3 Å². The lowest BCUT2D eigenvalue weighted by molar-refractivity contribution is -0.131. The molecule has 1 heterocycles. The van der Waals surface area contributed by atoms with Crippen molar-refractivity contribution in [1.29, 1.82) is 0 Å². The molecule has 6 heteroatoms. The minimum Gasteiger partial charge on any atom is -0.495 e. The van der Waals surface area contributed by atoms with E-state index < -0.39 is 0 Å². The standard InChI is InChI=1S/C19H19ClN2O3/c1-25-17-8-7-15(10-16(17)20)21-18(23)12-22-11-14(9-19(22)24)13-5-3-2-4-6-13/h2-8,10,14H,9,11-12H2,1H3,(H,21,23). The highest BCUT2D eigenvalue weighted by atomic mass is 35.5. The third-order valence-electron chi connectivity index (χ3n) is 4.26. The van der Waals surface area contributed by atoms with Crippen LogP contribution >= 0.6 is 11.6 Å². The van der Waals surface area contributed by atoms with Gasteiger partial charge in [-0.1, -0.05) is 41.9 Å². The van der Waals surface area contributed by atoms with Gasteiger partial charge in [-0.3, -0.25) is 9.59 Å². The molecule has 2 amide bonds. The van der Waals surface area contributed by atoms with Gasteiger partial charge in [0.1, 0.15) is 5.75 Å². The van der Waals surface area contributed by atoms with Gasteiger partial charge in [-0.2, -0.15) is 0 Å². The zero-order valence-corrected chi connectivity index (χ0v) is 14.6. The van der Waals surface area contributed by atoms with Crippen LogP contribution in [0.3, 0.4) is 0 Å². The molecule has 1 N–H and O–H groups in total. The summed E-state index contributed by atoms with van der Waals surface area (Å²) in [5, 5.41) is 3.18. The highest BCUT2D eigenvalue weighted by Crippen LogP contribution is 2.29. The predicted octanol–water partition coefficient (Wildman–Crippen LogP) is 3.30. The summed E-state index contributed by atoms with van der Waals surface area (Å²) >= 11 is 6.05. The van der Waals surface area contributed by atoms with Crippen LogP contribution in [-0.4, -0.2) is 36.9 Å². The molecule has 1 saturated heterocycles. The fourth-order valence-corrected chi connectivity index (χ4v) is 3.25. The molecule has 0 spiro atoms. The summed E-state index contributed by atoms with van der Waals surface area (Å²) in [4.78, 5) is 26.0. The molecule has 3 rings (SSSR count). The molecule has 130 valence electrons. The second-order valence-corrected chi connectivity index (χ2v) is 6.39. The van der Waals surface area contributed by atoms with Crippen molar-refractivity contribution in [3.63, 3.8) is 0 Å². The Hall–Kier alpha value is -2.53. The fourth-order valence-electron chi connectivity index (χ4n) is 2.99. The summed E-state index contributed by atoms with van der Waals surface area (Å²) in [6.07, 6.45) is 0.436. The first-order valence-corrected chi connectivity index (χ1v) is 8.40. The van der Waals surface area contributed by atoms with Gasteiger partial charge in [0, 0.05) is 24.6 Å². The quantitative estimate of drug-likeness (QED) is 0.892. The van der Waals surface area contributed by atoms with E-state index in [9.17, 15) is 9.59 Å². The van der Waals surface area contributed by atoms with Crippen LogP contribution in [0.15, 0.2) is 48.5 Å². The average Bonchev–Trinajstić information content (AvgIpc) is 2.96. The first-order valence-electron chi connectivity index (χ1n) is 8.03. The van der Waals surface area contributed by atoms with Crippen molar-refractivity contribution in [3.05, 3.63) is 59.1 Å². The highest BCUT2D eigenvalue weighted by Gasteiger charge is 2.31. The number of methoxy groups -OCH3 is 1. The van der Waals surface area contributed by atoms with Crippen molar-refractivity contribution in [2.75, 3.05) is 25.5 Å². The van der Waals surface area contributed by atoms with Gasteiger partial charge >= 0.3 is 0 Å². The van der Waals surface area contributed by atoms with Crippen LogP contribution in [0.1, 0.15) is 17.9 Å². The minimum absolute atomic E-state index is 0.00299. The summed E-state index contributed by atoms with van der Waals surface area (Å²) in [7, 11) is 1.53. The van der Waals surface area contributed by atoms with Gasteiger partial charge in [-0.25, -0.2) is 0 Å². The molecule has 1 aliphatic heterocycles. The molecule has 1 atom stereocenters. The fraction of sp³-hybridized carbons (Fsp3) is 0.263. The van der Waals surface area contributed by atoms with Crippen molar-refractivity contribution < 1.29 is 14.3 Å².